The molecule has 0 saturated heterocycles. The number of esters is 1. The Labute approximate surface area is 138 Å². The molecule has 0 aliphatic carbocycles. The second-order valence-electron chi connectivity index (χ2n) is 4.52. The summed E-state index contributed by atoms with van der Waals surface area (Å²) in [4.78, 5) is 36.8. The maximum atomic E-state index is 11.9. The quantitative estimate of drug-likeness (QED) is 0.816. The Kier molecular flexibility index (Phi) is 5.20. The smallest absolute Gasteiger partial charge is 0.328 e. The van der Waals surface area contributed by atoms with E-state index in [-0.39, 0.29) is 11.0 Å². The van der Waals surface area contributed by atoms with Gasteiger partial charge < -0.3 is 4.74 Å². The fourth-order valence-corrected chi connectivity index (χ4v) is 2.48. The second kappa shape index (κ2) is 6.93. The van der Waals surface area contributed by atoms with Crippen LogP contribution in [0, 0.1) is 0 Å². The topological polar surface area (TPSA) is 81.2 Å². The van der Waals surface area contributed by atoms with Gasteiger partial charge in [-0.05, 0) is 28.9 Å². The molecular weight excluding hydrogens is 376 g/mol. The summed E-state index contributed by atoms with van der Waals surface area (Å²) in [7, 11) is 0. The van der Waals surface area contributed by atoms with Crippen molar-refractivity contribution in [1.29, 1.82) is 0 Å². The molecule has 8 heteroatoms. The number of benzene rings is 1. The van der Waals surface area contributed by atoms with Crippen LogP contribution in [-0.2, 0) is 16.1 Å². The van der Waals surface area contributed by atoms with Crippen LogP contribution in [-0.4, -0.2) is 15.5 Å². The molecule has 22 heavy (non-hydrogen) atoms. The number of ether oxygens (including phenoxy) is 1. The number of hydrogen-bond acceptors (Lipinski definition) is 4. The van der Waals surface area contributed by atoms with E-state index in [1.54, 1.807) is 31.2 Å². The van der Waals surface area contributed by atoms with Crippen LogP contribution in [0.1, 0.15) is 18.6 Å². The number of rotatable bonds is 4. The molecule has 0 bridgehead atoms. The highest BCUT2D eigenvalue weighted by atomic mass is 79.9. The molecule has 1 aromatic carbocycles. The van der Waals surface area contributed by atoms with E-state index in [1.165, 1.54) is 6.20 Å². The summed E-state index contributed by atoms with van der Waals surface area (Å²) in [6.07, 6.45) is 0.686. The Hall–Kier alpha value is -1.86. The van der Waals surface area contributed by atoms with Gasteiger partial charge in [-0.3, -0.25) is 19.1 Å². The van der Waals surface area contributed by atoms with Gasteiger partial charge in [0.15, 0.2) is 0 Å². The number of H-pyrrole nitrogens is 1. The number of carbonyl (C=O) groups is 1. The van der Waals surface area contributed by atoms with Crippen molar-refractivity contribution in [3.05, 3.63) is 66.4 Å². The lowest BCUT2D eigenvalue weighted by molar-refractivity contribution is -0.149. The minimum absolute atomic E-state index is 0.152. The van der Waals surface area contributed by atoms with Gasteiger partial charge in [0.25, 0.3) is 5.56 Å². The van der Waals surface area contributed by atoms with Crippen molar-refractivity contribution in [3.63, 3.8) is 0 Å². The van der Waals surface area contributed by atoms with Gasteiger partial charge in [-0.2, -0.15) is 0 Å². The molecule has 0 amide bonds. The molecule has 2 aromatic rings. The summed E-state index contributed by atoms with van der Waals surface area (Å²) in [5.41, 5.74) is -0.567. The van der Waals surface area contributed by atoms with Crippen LogP contribution >= 0.6 is 27.5 Å². The maximum Gasteiger partial charge on any atom is 0.328 e. The first-order valence-corrected chi connectivity index (χ1v) is 7.48. The lowest BCUT2D eigenvalue weighted by atomic mass is 10.1. The Morgan fingerprint density at radius 1 is 1.41 bits per heavy atom. The molecule has 116 valence electrons. The molecule has 0 unspecified atom stereocenters. The molecule has 1 heterocycles. The number of nitrogens with zero attached hydrogens (tertiary/aromatic N) is 1. The Morgan fingerprint density at radius 2 is 2.09 bits per heavy atom. The number of aromatic nitrogens is 2. The molecule has 0 aliphatic heterocycles. The Morgan fingerprint density at radius 3 is 2.77 bits per heavy atom. The zero-order valence-electron chi connectivity index (χ0n) is 11.5. The van der Waals surface area contributed by atoms with Crippen LogP contribution < -0.4 is 11.2 Å². The fourth-order valence-electron chi connectivity index (χ4n) is 1.84. The van der Waals surface area contributed by atoms with Crippen LogP contribution in [0.2, 0.25) is 5.02 Å². The number of nitrogens with one attached hydrogen (secondary N) is 1. The van der Waals surface area contributed by atoms with E-state index in [0.717, 1.165) is 4.57 Å². The van der Waals surface area contributed by atoms with Crippen molar-refractivity contribution < 1.29 is 9.53 Å². The van der Waals surface area contributed by atoms with Gasteiger partial charge in [0.2, 0.25) is 0 Å². The second-order valence-corrected chi connectivity index (χ2v) is 5.78. The molecule has 1 atom stereocenters. The lowest BCUT2D eigenvalue weighted by Gasteiger charge is -2.15. The Bertz CT molecular complexity index is 815. The van der Waals surface area contributed by atoms with Gasteiger partial charge in [0.05, 0.1) is 4.47 Å². The van der Waals surface area contributed by atoms with Crippen LogP contribution in [0.15, 0.2) is 44.5 Å². The summed E-state index contributed by atoms with van der Waals surface area (Å²) >= 11 is 9.03. The predicted octanol–water partition coefficient (Wildman–Crippen LogP) is 2.26. The standard InChI is InChI=1S/C14H12BrClN2O4/c1-8(9-4-2-3-5-11(9)16)22-12(19)7-18-6-10(15)13(20)17-14(18)21/h2-6,8H,7H2,1H3,(H,17,20,21)/t8-/m0/s1. The van der Waals surface area contributed by atoms with Crippen LogP contribution in [0.25, 0.3) is 0 Å². The zero-order valence-corrected chi connectivity index (χ0v) is 13.8. The van der Waals surface area contributed by atoms with Crippen molar-refractivity contribution in [2.75, 3.05) is 0 Å². The fraction of sp³-hybridized carbons (Fsp3) is 0.214. The lowest BCUT2D eigenvalue weighted by Crippen LogP contribution is -2.32. The van der Waals surface area contributed by atoms with Crippen molar-refractivity contribution in [2.45, 2.75) is 19.6 Å². The molecule has 0 radical (unpaired) electrons. The SMILES string of the molecule is C[C@H](OC(=O)Cn1cc(Br)c(=O)[nH]c1=O)c1ccccc1Cl. The van der Waals surface area contributed by atoms with E-state index in [4.69, 9.17) is 16.3 Å². The molecule has 0 fully saturated rings. The molecule has 6 nitrogen and oxygen atoms in total. The third kappa shape index (κ3) is 3.86. The van der Waals surface area contributed by atoms with Crippen molar-refractivity contribution in [1.82, 2.24) is 9.55 Å². The highest BCUT2D eigenvalue weighted by molar-refractivity contribution is 9.10. The number of hydrogen-bond donors (Lipinski definition) is 1. The van der Waals surface area contributed by atoms with E-state index in [9.17, 15) is 14.4 Å². The first-order valence-electron chi connectivity index (χ1n) is 6.31. The minimum atomic E-state index is -0.685. The van der Waals surface area contributed by atoms with E-state index in [2.05, 4.69) is 20.9 Å². The average Bonchev–Trinajstić information content (AvgIpc) is 2.45. The van der Waals surface area contributed by atoms with Crippen LogP contribution in [0.4, 0.5) is 0 Å². The van der Waals surface area contributed by atoms with E-state index >= 15 is 0 Å². The molecule has 0 aliphatic rings. The number of carbonyl (C=O) groups excluding carboxylic acids is 1. The highest BCUT2D eigenvalue weighted by Crippen LogP contribution is 2.24. The van der Waals surface area contributed by atoms with Crippen LogP contribution in [0.5, 0.6) is 0 Å². The van der Waals surface area contributed by atoms with Gasteiger partial charge in [-0.1, -0.05) is 29.8 Å². The van der Waals surface area contributed by atoms with Gasteiger partial charge >= 0.3 is 11.7 Å². The maximum absolute atomic E-state index is 11.9. The van der Waals surface area contributed by atoms with Crippen molar-refractivity contribution in [3.8, 4) is 0 Å². The van der Waals surface area contributed by atoms with Crippen LogP contribution in [0.3, 0.4) is 0 Å². The van der Waals surface area contributed by atoms with Gasteiger partial charge in [0.1, 0.15) is 12.6 Å². The average molecular weight is 388 g/mol. The first kappa shape index (κ1) is 16.5. The largest absolute Gasteiger partial charge is 0.456 e. The molecule has 2 rings (SSSR count). The number of halogens is 2. The zero-order chi connectivity index (χ0) is 16.3. The predicted molar refractivity (Wildman–Crippen MR) is 85.0 cm³/mol. The molecular formula is C14H12BrClN2O4. The summed E-state index contributed by atoms with van der Waals surface area (Å²) in [5.74, 6) is -0.617. The van der Waals surface area contributed by atoms with E-state index < -0.39 is 23.3 Å². The molecule has 1 aromatic heterocycles. The van der Waals surface area contributed by atoms with Crippen molar-refractivity contribution >= 4 is 33.5 Å². The molecule has 0 saturated carbocycles. The van der Waals surface area contributed by atoms with Gasteiger partial charge in [0, 0.05) is 16.8 Å². The summed E-state index contributed by atoms with van der Waals surface area (Å²) in [6, 6.07) is 7.01. The third-order valence-corrected chi connectivity index (χ3v) is 3.83. The van der Waals surface area contributed by atoms with E-state index in [1.807, 2.05) is 0 Å². The Balaban J connectivity index is 2.11. The van der Waals surface area contributed by atoms with Gasteiger partial charge in [-0.25, -0.2) is 4.79 Å². The first-order chi connectivity index (χ1) is 10.4. The monoisotopic (exact) mass is 386 g/mol. The minimum Gasteiger partial charge on any atom is -0.456 e. The third-order valence-electron chi connectivity index (χ3n) is 2.92. The molecule has 0 spiro atoms. The van der Waals surface area contributed by atoms with Crippen molar-refractivity contribution in [2.24, 2.45) is 0 Å². The normalized spacial score (nSPS) is 12.0. The summed E-state index contributed by atoms with van der Waals surface area (Å²) in [6.45, 7) is 1.37. The van der Waals surface area contributed by atoms with Gasteiger partial charge in [-0.15, -0.1) is 0 Å². The summed E-state index contributed by atoms with van der Waals surface area (Å²) < 4.78 is 6.46. The highest BCUT2D eigenvalue weighted by Gasteiger charge is 2.15. The molecule has 1 N–H and O–H groups in total. The summed E-state index contributed by atoms with van der Waals surface area (Å²) in [5, 5.41) is 0.492. The van der Waals surface area contributed by atoms with E-state index in [0.29, 0.717) is 10.6 Å². The number of aromatic amines is 1.